The minimum atomic E-state index is -0.279. The molecule has 2 fully saturated rings. The van der Waals surface area contributed by atoms with Gasteiger partial charge in [0.15, 0.2) is 0 Å². The van der Waals surface area contributed by atoms with Gasteiger partial charge in [-0.1, -0.05) is 24.3 Å². The molecular weight excluding hydrogens is 341 g/mol. The van der Waals surface area contributed by atoms with Gasteiger partial charge in [0, 0.05) is 51.4 Å². The molecule has 0 N–H and O–H groups in total. The molecule has 6 nitrogen and oxygen atoms in total. The summed E-state index contributed by atoms with van der Waals surface area (Å²) in [5.41, 5.74) is 2.72. The third kappa shape index (κ3) is 5.78. The number of benzene rings is 1. The van der Waals surface area contributed by atoms with Crippen molar-refractivity contribution in [3.8, 4) is 0 Å². The Kier molecular flexibility index (Phi) is 7.30. The molecule has 3 rings (SSSR count). The molecule has 2 saturated heterocycles. The summed E-state index contributed by atoms with van der Waals surface area (Å²) in [4.78, 5) is 18.6. The van der Waals surface area contributed by atoms with Gasteiger partial charge in [0.2, 0.25) is 0 Å². The highest BCUT2D eigenvalue weighted by Crippen LogP contribution is 2.20. The Morgan fingerprint density at radius 1 is 1.15 bits per heavy atom. The van der Waals surface area contributed by atoms with Crippen LogP contribution in [0.4, 0.5) is 4.79 Å². The molecule has 1 aromatic carbocycles. The maximum atomic E-state index is 11.5. The Labute approximate surface area is 163 Å². The van der Waals surface area contributed by atoms with E-state index in [4.69, 9.17) is 9.47 Å². The molecule has 7 heteroatoms. The Morgan fingerprint density at radius 2 is 1.78 bits per heavy atom. The second-order valence-corrected chi connectivity index (χ2v) is 7.69. The summed E-state index contributed by atoms with van der Waals surface area (Å²) in [6.45, 7) is 11.8. The van der Waals surface area contributed by atoms with Crippen molar-refractivity contribution in [2.75, 3.05) is 46.5 Å². The van der Waals surface area contributed by atoms with Gasteiger partial charge in [-0.15, -0.1) is 0 Å². The Balaban J connectivity index is 1.58. The van der Waals surface area contributed by atoms with E-state index < -0.39 is 0 Å². The highest BCUT2D eigenvalue weighted by molar-refractivity contribution is 6.69. The largest absolute Gasteiger partial charge is 0.476 e. The van der Waals surface area contributed by atoms with E-state index in [-0.39, 0.29) is 5.87 Å². The number of carbonyl (C=O) groups is 1. The Morgan fingerprint density at radius 3 is 2.41 bits per heavy atom. The number of methoxy groups -OCH3 is 1. The van der Waals surface area contributed by atoms with Crippen LogP contribution >= 0.6 is 0 Å². The summed E-state index contributed by atoms with van der Waals surface area (Å²) in [5.74, 6) is -0.279. The number of hydrogen-bond donors (Lipinski definition) is 0. The van der Waals surface area contributed by atoms with Crippen molar-refractivity contribution in [3.63, 3.8) is 0 Å². The molecule has 1 radical (unpaired) electrons. The molecule has 2 aliphatic heterocycles. The van der Waals surface area contributed by atoms with E-state index in [0.717, 1.165) is 52.5 Å². The molecule has 0 aliphatic carbocycles. The molecule has 0 spiro atoms. The number of hydrogen-bond acceptors (Lipinski definition) is 6. The first-order valence-electron chi connectivity index (χ1n) is 9.85. The summed E-state index contributed by atoms with van der Waals surface area (Å²) in [5, 5.41) is 0. The fourth-order valence-electron chi connectivity index (χ4n) is 4.07. The van der Waals surface area contributed by atoms with Gasteiger partial charge in [0.1, 0.15) is 0 Å². The van der Waals surface area contributed by atoms with Crippen LogP contribution in [0.1, 0.15) is 25.0 Å². The molecular formula is C20H31BN3O3. The van der Waals surface area contributed by atoms with Gasteiger partial charge in [0.05, 0.1) is 20.3 Å². The SMILES string of the molecule is COC(=O)[B]N1C[C@@H](C)N(Cc2cccc(CN3CCOCC3)c2)[C@@H](C)C1. The molecule has 0 saturated carbocycles. The monoisotopic (exact) mass is 372 g/mol. The van der Waals surface area contributed by atoms with Crippen molar-refractivity contribution in [3.05, 3.63) is 35.4 Å². The molecule has 27 heavy (non-hydrogen) atoms. The van der Waals surface area contributed by atoms with Gasteiger partial charge in [-0.3, -0.25) is 14.6 Å². The van der Waals surface area contributed by atoms with Crippen LogP contribution in [0, 0.1) is 0 Å². The van der Waals surface area contributed by atoms with E-state index in [1.165, 1.54) is 18.2 Å². The van der Waals surface area contributed by atoms with Gasteiger partial charge in [0.25, 0.3) is 5.87 Å². The summed E-state index contributed by atoms with van der Waals surface area (Å²) in [7, 11) is 3.01. The predicted molar refractivity (Wildman–Crippen MR) is 107 cm³/mol. The van der Waals surface area contributed by atoms with Crippen LogP contribution < -0.4 is 0 Å². The van der Waals surface area contributed by atoms with Gasteiger partial charge in [-0.25, -0.2) is 0 Å². The molecule has 0 amide bonds. The van der Waals surface area contributed by atoms with E-state index >= 15 is 0 Å². The van der Waals surface area contributed by atoms with E-state index in [1.54, 1.807) is 7.41 Å². The van der Waals surface area contributed by atoms with Gasteiger partial charge < -0.3 is 14.3 Å². The minimum Gasteiger partial charge on any atom is -0.476 e. The van der Waals surface area contributed by atoms with E-state index in [0.29, 0.717) is 12.1 Å². The minimum absolute atomic E-state index is 0.279. The van der Waals surface area contributed by atoms with Gasteiger partial charge in [-0.2, -0.15) is 0 Å². The van der Waals surface area contributed by atoms with Crippen molar-refractivity contribution in [1.82, 2.24) is 14.6 Å². The first-order chi connectivity index (χ1) is 13.0. The standard InChI is InChI=1S/C20H31BN3O3/c1-16-12-23(21-20(25)26-3)13-17(2)24(16)15-19-6-4-5-18(11-19)14-22-7-9-27-10-8-22/h4-6,11,16-17H,7-10,12-15H2,1-3H3/t16-,17+. The molecule has 147 valence electrons. The molecule has 0 bridgehead atoms. The lowest BCUT2D eigenvalue weighted by atomic mass is 9.88. The van der Waals surface area contributed by atoms with Crippen LogP contribution in [0.15, 0.2) is 24.3 Å². The number of piperazine rings is 1. The lowest BCUT2D eigenvalue weighted by molar-refractivity contribution is 0.0341. The van der Waals surface area contributed by atoms with Gasteiger partial charge >= 0.3 is 7.41 Å². The number of morpholine rings is 1. The van der Waals surface area contributed by atoms with Crippen LogP contribution in [0.3, 0.4) is 0 Å². The summed E-state index contributed by atoms with van der Waals surface area (Å²) < 4.78 is 10.2. The van der Waals surface area contributed by atoms with Crippen LogP contribution in [0.2, 0.25) is 0 Å². The van der Waals surface area contributed by atoms with Crippen molar-refractivity contribution >= 4 is 13.3 Å². The average Bonchev–Trinajstić information content (AvgIpc) is 2.66. The lowest BCUT2D eigenvalue weighted by Crippen LogP contribution is -2.57. The highest BCUT2D eigenvalue weighted by Gasteiger charge is 2.31. The lowest BCUT2D eigenvalue weighted by Gasteiger charge is -2.44. The van der Waals surface area contributed by atoms with E-state index in [2.05, 4.69) is 52.7 Å². The van der Waals surface area contributed by atoms with Crippen LogP contribution in [0.25, 0.3) is 0 Å². The quantitative estimate of drug-likeness (QED) is 0.710. The first-order valence-corrected chi connectivity index (χ1v) is 9.85. The molecule has 0 aromatic heterocycles. The fraction of sp³-hybridized carbons (Fsp3) is 0.650. The normalized spacial score (nSPS) is 25.3. The van der Waals surface area contributed by atoms with Crippen LogP contribution in [-0.4, -0.2) is 86.5 Å². The molecule has 2 heterocycles. The number of nitrogens with zero attached hydrogens (tertiary/aromatic N) is 3. The van der Waals surface area contributed by atoms with Crippen LogP contribution in [0.5, 0.6) is 0 Å². The smallest absolute Gasteiger partial charge is 0.357 e. The first kappa shape index (κ1) is 20.3. The molecule has 2 aliphatic rings. The fourth-order valence-corrected chi connectivity index (χ4v) is 4.07. The number of carbonyl (C=O) groups excluding carboxylic acids is 1. The maximum absolute atomic E-state index is 11.5. The van der Waals surface area contributed by atoms with Crippen molar-refractivity contribution in [1.29, 1.82) is 0 Å². The average molecular weight is 372 g/mol. The maximum Gasteiger partial charge on any atom is 0.357 e. The molecule has 2 atom stereocenters. The summed E-state index contributed by atoms with van der Waals surface area (Å²) in [6.07, 6.45) is 0. The third-order valence-corrected chi connectivity index (χ3v) is 5.49. The second kappa shape index (κ2) is 9.69. The predicted octanol–water partition coefficient (Wildman–Crippen LogP) is 1.80. The number of ether oxygens (including phenoxy) is 2. The number of rotatable bonds is 6. The molecule has 1 aromatic rings. The Hall–Kier alpha value is -1.41. The van der Waals surface area contributed by atoms with E-state index in [1.807, 2.05) is 0 Å². The van der Waals surface area contributed by atoms with Crippen molar-refractivity contribution in [2.45, 2.75) is 39.0 Å². The summed E-state index contributed by atoms with van der Waals surface area (Å²) in [6, 6.07) is 9.68. The summed E-state index contributed by atoms with van der Waals surface area (Å²) >= 11 is 0. The van der Waals surface area contributed by atoms with Crippen molar-refractivity contribution in [2.24, 2.45) is 0 Å². The Bertz CT molecular complexity index is 612. The molecule has 0 unspecified atom stereocenters. The zero-order valence-corrected chi connectivity index (χ0v) is 16.8. The highest BCUT2D eigenvalue weighted by atomic mass is 16.5. The zero-order chi connectivity index (χ0) is 19.2. The van der Waals surface area contributed by atoms with Gasteiger partial charge in [-0.05, 0) is 25.0 Å². The topological polar surface area (TPSA) is 45.2 Å². The second-order valence-electron chi connectivity index (χ2n) is 7.69. The van der Waals surface area contributed by atoms with Crippen molar-refractivity contribution < 1.29 is 14.3 Å². The zero-order valence-electron chi connectivity index (χ0n) is 16.8. The van der Waals surface area contributed by atoms with E-state index in [9.17, 15) is 4.79 Å². The van der Waals surface area contributed by atoms with Crippen LogP contribution in [-0.2, 0) is 22.6 Å². The third-order valence-electron chi connectivity index (χ3n) is 5.49.